The van der Waals surface area contributed by atoms with E-state index in [-0.39, 0.29) is 0 Å². The Morgan fingerprint density at radius 1 is 1.15 bits per heavy atom. The number of halogens is 1. The highest BCUT2D eigenvalue weighted by Crippen LogP contribution is 2.26. The van der Waals surface area contributed by atoms with E-state index in [0.717, 1.165) is 29.3 Å². The van der Waals surface area contributed by atoms with Crippen LogP contribution in [-0.4, -0.2) is 28.5 Å². The third-order valence-corrected chi connectivity index (χ3v) is 3.38. The average molecular weight is 284 g/mol. The summed E-state index contributed by atoms with van der Waals surface area (Å²) in [5.74, 6) is 0. The third-order valence-electron chi connectivity index (χ3n) is 3.16. The lowest BCUT2D eigenvalue weighted by atomic mass is 10.1. The van der Waals surface area contributed by atoms with E-state index in [2.05, 4.69) is 20.9 Å². The van der Waals surface area contributed by atoms with E-state index in [1.807, 2.05) is 49.5 Å². The van der Waals surface area contributed by atoms with Gasteiger partial charge >= 0.3 is 0 Å². The molecule has 0 radical (unpaired) electrons. The van der Waals surface area contributed by atoms with Gasteiger partial charge in [0.05, 0.1) is 22.8 Å². The second kappa shape index (κ2) is 5.47. The van der Waals surface area contributed by atoms with E-state index in [4.69, 9.17) is 11.6 Å². The second-order valence-electron chi connectivity index (χ2n) is 4.63. The summed E-state index contributed by atoms with van der Waals surface area (Å²) in [6.07, 6.45) is 7.95. The Kier molecular flexibility index (Phi) is 3.52. The van der Waals surface area contributed by atoms with Crippen LogP contribution in [-0.2, 0) is 0 Å². The van der Waals surface area contributed by atoms with Crippen molar-refractivity contribution in [1.29, 1.82) is 0 Å². The summed E-state index contributed by atoms with van der Waals surface area (Å²) in [4.78, 5) is 11.2. The van der Waals surface area contributed by atoms with Gasteiger partial charge in [-0.1, -0.05) is 29.8 Å². The zero-order chi connectivity index (χ0) is 13.9. The van der Waals surface area contributed by atoms with E-state index in [9.17, 15) is 0 Å². The van der Waals surface area contributed by atoms with Crippen molar-refractivity contribution in [3.05, 3.63) is 65.5 Å². The molecule has 0 spiro atoms. The molecule has 3 heterocycles. The highest BCUT2D eigenvalue weighted by atomic mass is 35.5. The van der Waals surface area contributed by atoms with E-state index < -0.39 is 0 Å². The molecular formula is C16H14ClN3. The van der Waals surface area contributed by atoms with Crippen molar-refractivity contribution in [2.75, 3.05) is 13.6 Å². The fourth-order valence-corrected chi connectivity index (χ4v) is 2.37. The largest absolute Gasteiger partial charge is 0.369 e. The van der Waals surface area contributed by atoms with E-state index in [0.29, 0.717) is 5.02 Å². The van der Waals surface area contributed by atoms with Crippen LogP contribution in [0.1, 0.15) is 5.69 Å². The summed E-state index contributed by atoms with van der Waals surface area (Å²) in [6.45, 7) is 0.874. The number of pyridine rings is 2. The zero-order valence-electron chi connectivity index (χ0n) is 11.1. The van der Waals surface area contributed by atoms with Crippen molar-refractivity contribution in [1.82, 2.24) is 14.9 Å². The van der Waals surface area contributed by atoms with Gasteiger partial charge in [0, 0.05) is 24.8 Å². The molecule has 0 saturated heterocycles. The Hall–Kier alpha value is -2.13. The van der Waals surface area contributed by atoms with E-state index in [1.54, 1.807) is 6.20 Å². The van der Waals surface area contributed by atoms with Gasteiger partial charge in [0.2, 0.25) is 0 Å². The van der Waals surface area contributed by atoms with Crippen LogP contribution in [0, 0.1) is 0 Å². The normalized spacial score (nSPS) is 14.3. The smallest absolute Gasteiger partial charge is 0.0909 e. The molecule has 2 aromatic heterocycles. The van der Waals surface area contributed by atoms with Crippen LogP contribution in [0.4, 0.5) is 0 Å². The Bertz CT molecular complexity index is 677. The summed E-state index contributed by atoms with van der Waals surface area (Å²) in [5.41, 5.74) is 3.54. The molecular weight excluding hydrogens is 270 g/mol. The first-order valence-electron chi connectivity index (χ1n) is 6.41. The topological polar surface area (TPSA) is 29.0 Å². The van der Waals surface area contributed by atoms with Gasteiger partial charge < -0.3 is 4.90 Å². The Morgan fingerprint density at radius 2 is 2.00 bits per heavy atom. The molecule has 0 bridgehead atoms. The van der Waals surface area contributed by atoms with E-state index >= 15 is 0 Å². The molecule has 20 heavy (non-hydrogen) atoms. The van der Waals surface area contributed by atoms with Crippen LogP contribution < -0.4 is 0 Å². The highest BCUT2D eigenvalue weighted by molar-refractivity contribution is 6.31. The molecule has 0 aromatic carbocycles. The number of likely N-dealkylation sites (N-methyl/N-ethyl adjacent to an activating group) is 1. The van der Waals surface area contributed by atoms with Crippen LogP contribution in [0.5, 0.6) is 0 Å². The van der Waals surface area contributed by atoms with Crippen molar-refractivity contribution in [2.24, 2.45) is 0 Å². The first-order chi connectivity index (χ1) is 9.74. The first-order valence-corrected chi connectivity index (χ1v) is 6.79. The standard InChI is InChI=1S/C16H14ClN3/c1-20-9-5-3-7-16(20)15-11-12(17)10-14(19-15)13-6-2-4-8-18-13/h2-8,10-11H,9H2,1H3. The van der Waals surface area contributed by atoms with E-state index in [1.165, 1.54) is 0 Å². The Morgan fingerprint density at radius 3 is 2.75 bits per heavy atom. The number of hydrogen-bond donors (Lipinski definition) is 0. The lowest BCUT2D eigenvalue weighted by Crippen LogP contribution is -2.19. The second-order valence-corrected chi connectivity index (χ2v) is 5.07. The maximum Gasteiger partial charge on any atom is 0.0909 e. The lowest BCUT2D eigenvalue weighted by molar-refractivity contribution is 0.529. The summed E-state index contributed by atoms with van der Waals surface area (Å²) in [7, 11) is 2.04. The minimum Gasteiger partial charge on any atom is -0.369 e. The van der Waals surface area contributed by atoms with Crippen molar-refractivity contribution in [3.63, 3.8) is 0 Å². The zero-order valence-corrected chi connectivity index (χ0v) is 11.9. The summed E-state index contributed by atoms with van der Waals surface area (Å²) >= 11 is 6.24. The minimum atomic E-state index is 0.666. The minimum absolute atomic E-state index is 0.666. The first kappa shape index (κ1) is 12.9. The monoisotopic (exact) mass is 283 g/mol. The van der Waals surface area contributed by atoms with Crippen molar-refractivity contribution in [3.8, 4) is 11.4 Å². The van der Waals surface area contributed by atoms with Gasteiger partial charge in [0.15, 0.2) is 0 Å². The van der Waals surface area contributed by atoms with Crippen LogP contribution >= 0.6 is 11.6 Å². The highest BCUT2D eigenvalue weighted by Gasteiger charge is 2.13. The lowest BCUT2D eigenvalue weighted by Gasteiger charge is -2.23. The molecule has 1 aliphatic rings. The van der Waals surface area contributed by atoms with Gasteiger partial charge in [-0.05, 0) is 30.3 Å². The van der Waals surface area contributed by atoms with Crippen LogP contribution in [0.3, 0.4) is 0 Å². The van der Waals surface area contributed by atoms with Crippen LogP contribution in [0.15, 0.2) is 54.8 Å². The van der Waals surface area contributed by atoms with Gasteiger partial charge in [-0.2, -0.15) is 0 Å². The van der Waals surface area contributed by atoms with Gasteiger partial charge in [0.1, 0.15) is 0 Å². The van der Waals surface area contributed by atoms with Gasteiger partial charge in [-0.15, -0.1) is 0 Å². The quantitative estimate of drug-likeness (QED) is 0.842. The van der Waals surface area contributed by atoms with Crippen molar-refractivity contribution >= 4 is 17.3 Å². The molecule has 1 aliphatic heterocycles. The number of rotatable bonds is 2. The molecule has 3 rings (SSSR count). The van der Waals surface area contributed by atoms with Gasteiger partial charge in [-0.3, -0.25) is 4.98 Å². The molecule has 0 atom stereocenters. The number of hydrogen-bond acceptors (Lipinski definition) is 3. The Labute approximate surface area is 123 Å². The molecule has 0 unspecified atom stereocenters. The summed E-state index contributed by atoms with van der Waals surface area (Å²) < 4.78 is 0. The molecule has 4 heteroatoms. The molecule has 0 aliphatic carbocycles. The third kappa shape index (κ3) is 2.58. The van der Waals surface area contributed by atoms with Crippen LogP contribution in [0.25, 0.3) is 17.1 Å². The molecule has 0 saturated carbocycles. The van der Waals surface area contributed by atoms with Gasteiger partial charge in [-0.25, -0.2) is 4.98 Å². The molecule has 0 fully saturated rings. The molecule has 2 aromatic rings. The number of nitrogens with zero attached hydrogens (tertiary/aromatic N) is 3. The fourth-order valence-electron chi connectivity index (χ4n) is 2.16. The molecule has 0 amide bonds. The average Bonchev–Trinajstić information content (AvgIpc) is 2.48. The SMILES string of the molecule is CN1CC=CC=C1c1cc(Cl)cc(-c2ccccn2)n1. The van der Waals surface area contributed by atoms with Crippen molar-refractivity contribution < 1.29 is 0 Å². The summed E-state index contributed by atoms with van der Waals surface area (Å²) in [6, 6.07) is 9.49. The molecule has 0 N–H and O–H groups in total. The molecule has 100 valence electrons. The van der Waals surface area contributed by atoms with Crippen molar-refractivity contribution in [2.45, 2.75) is 0 Å². The van der Waals surface area contributed by atoms with Crippen LogP contribution in [0.2, 0.25) is 5.02 Å². The molecule has 3 nitrogen and oxygen atoms in total. The number of aromatic nitrogens is 2. The predicted octanol–water partition coefficient (Wildman–Crippen LogP) is 3.64. The Balaban J connectivity index is 2.08. The maximum absolute atomic E-state index is 6.24. The maximum atomic E-state index is 6.24. The number of allylic oxidation sites excluding steroid dienone is 2. The van der Waals surface area contributed by atoms with Gasteiger partial charge in [0.25, 0.3) is 0 Å². The summed E-state index contributed by atoms with van der Waals surface area (Å²) in [5, 5.41) is 0.666. The fraction of sp³-hybridized carbons (Fsp3) is 0.125. The predicted molar refractivity (Wildman–Crippen MR) is 82.2 cm³/mol.